The van der Waals surface area contributed by atoms with Crippen LogP contribution in [-0.2, 0) is 0 Å². The Morgan fingerprint density at radius 1 is 1.15 bits per heavy atom. The fourth-order valence-corrected chi connectivity index (χ4v) is 3.48. The van der Waals surface area contributed by atoms with Crippen molar-refractivity contribution in [2.75, 3.05) is 31.1 Å². The lowest BCUT2D eigenvalue weighted by Gasteiger charge is -2.35. The van der Waals surface area contributed by atoms with Crippen molar-refractivity contribution in [1.29, 1.82) is 0 Å². The number of para-hydroxylation sites is 2. The quantitative estimate of drug-likeness (QED) is 0.569. The van der Waals surface area contributed by atoms with Crippen molar-refractivity contribution >= 4 is 28.2 Å². The summed E-state index contributed by atoms with van der Waals surface area (Å²) < 4.78 is 0. The van der Waals surface area contributed by atoms with E-state index in [0.717, 1.165) is 16.5 Å². The van der Waals surface area contributed by atoms with Crippen LogP contribution >= 0.6 is 0 Å². The molecule has 1 N–H and O–H groups in total. The van der Waals surface area contributed by atoms with Crippen molar-refractivity contribution in [3.8, 4) is 0 Å². The van der Waals surface area contributed by atoms with Crippen LogP contribution in [0.4, 0.5) is 11.4 Å². The van der Waals surface area contributed by atoms with E-state index in [-0.39, 0.29) is 16.5 Å². The van der Waals surface area contributed by atoms with E-state index in [9.17, 15) is 14.9 Å². The smallest absolute Gasteiger partial charge is 0.292 e. The van der Waals surface area contributed by atoms with Gasteiger partial charge in [-0.3, -0.25) is 20.0 Å². The Labute approximate surface area is 155 Å². The summed E-state index contributed by atoms with van der Waals surface area (Å²) in [7, 11) is 0. The van der Waals surface area contributed by atoms with Gasteiger partial charge in [-0.2, -0.15) is 5.10 Å². The molecule has 0 atom stereocenters. The number of nitrogens with zero attached hydrogens (tertiary/aromatic N) is 4. The van der Waals surface area contributed by atoms with Gasteiger partial charge in [-0.05, 0) is 25.1 Å². The molecule has 1 aromatic heterocycles. The van der Waals surface area contributed by atoms with E-state index < -0.39 is 0 Å². The molecule has 2 aromatic carbocycles. The molecule has 138 valence electrons. The summed E-state index contributed by atoms with van der Waals surface area (Å²) in [6, 6.07) is 12.5. The highest BCUT2D eigenvalue weighted by Crippen LogP contribution is 2.28. The lowest BCUT2D eigenvalue weighted by molar-refractivity contribution is -0.384. The van der Waals surface area contributed by atoms with Crippen molar-refractivity contribution in [2.45, 2.75) is 6.92 Å². The molecule has 0 radical (unpaired) electrons. The molecule has 0 unspecified atom stereocenters. The van der Waals surface area contributed by atoms with E-state index in [2.05, 4.69) is 10.2 Å². The zero-order valence-corrected chi connectivity index (χ0v) is 14.9. The number of anilines is 1. The highest BCUT2D eigenvalue weighted by Gasteiger charge is 2.27. The molecule has 1 saturated heterocycles. The summed E-state index contributed by atoms with van der Waals surface area (Å²) in [5.74, 6) is -0.117. The second-order valence-corrected chi connectivity index (χ2v) is 6.65. The zero-order chi connectivity index (χ0) is 19.0. The lowest BCUT2D eigenvalue weighted by atomic mass is 10.1. The molecule has 2 heterocycles. The fraction of sp³-hybridized carbons (Fsp3) is 0.263. The Kier molecular flexibility index (Phi) is 4.23. The summed E-state index contributed by atoms with van der Waals surface area (Å²) in [6.07, 6.45) is 0. The first kappa shape index (κ1) is 17.0. The Hall–Kier alpha value is -3.42. The van der Waals surface area contributed by atoms with Crippen LogP contribution in [0.3, 0.4) is 0 Å². The third kappa shape index (κ3) is 3.10. The van der Waals surface area contributed by atoms with Gasteiger partial charge in [0.2, 0.25) is 0 Å². The number of hydrogen-bond donors (Lipinski definition) is 1. The van der Waals surface area contributed by atoms with Gasteiger partial charge in [0.15, 0.2) is 5.69 Å². The number of amides is 1. The number of hydrogen-bond acceptors (Lipinski definition) is 5. The fourth-order valence-electron chi connectivity index (χ4n) is 3.48. The van der Waals surface area contributed by atoms with Gasteiger partial charge < -0.3 is 9.80 Å². The third-order valence-electron chi connectivity index (χ3n) is 4.91. The standard InChI is InChI=1S/C19H19N5O3/c1-13-6-7-15-14(12-13)18(21-20-15)19(25)23-10-8-22(9-11-23)16-4-2-3-5-17(16)24(26)27/h2-7,12H,8-11H2,1H3,(H,20,21). The number of nitrogens with one attached hydrogen (secondary N) is 1. The highest BCUT2D eigenvalue weighted by atomic mass is 16.6. The van der Waals surface area contributed by atoms with E-state index in [1.807, 2.05) is 30.0 Å². The molecule has 1 amide bonds. The van der Waals surface area contributed by atoms with Crippen molar-refractivity contribution in [2.24, 2.45) is 0 Å². The predicted molar refractivity (Wildman–Crippen MR) is 102 cm³/mol. The largest absolute Gasteiger partial charge is 0.362 e. The van der Waals surface area contributed by atoms with Crippen LogP contribution in [-0.4, -0.2) is 52.1 Å². The minimum Gasteiger partial charge on any atom is -0.362 e. The number of nitro benzene ring substituents is 1. The minimum absolute atomic E-state index is 0.0889. The molecule has 8 nitrogen and oxygen atoms in total. The molecule has 0 aliphatic carbocycles. The number of carbonyl (C=O) groups is 1. The third-order valence-corrected chi connectivity index (χ3v) is 4.91. The van der Waals surface area contributed by atoms with Crippen LogP contribution in [0.15, 0.2) is 42.5 Å². The first-order chi connectivity index (χ1) is 13.0. The molecule has 4 rings (SSSR count). The van der Waals surface area contributed by atoms with Gasteiger partial charge in [-0.15, -0.1) is 0 Å². The first-order valence-electron chi connectivity index (χ1n) is 8.77. The van der Waals surface area contributed by atoms with E-state index in [0.29, 0.717) is 37.6 Å². The maximum absolute atomic E-state index is 12.9. The molecule has 0 saturated carbocycles. The number of piperazine rings is 1. The predicted octanol–water partition coefficient (Wildman–Crippen LogP) is 2.74. The summed E-state index contributed by atoms with van der Waals surface area (Å²) in [5.41, 5.74) is 3.01. The molecule has 8 heteroatoms. The number of benzene rings is 2. The monoisotopic (exact) mass is 365 g/mol. The Balaban J connectivity index is 1.52. The number of nitro groups is 1. The summed E-state index contributed by atoms with van der Waals surface area (Å²) in [6.45, 7) is 4.04. The van der Waals surface area contributed by atoms with Gasteiger partial charge in [-0.25, -0.2) is 0 Å². The van der Waals surface area contributed by atoms with Crippen molar-refractivity contribution in [3.05, 3.63) is 63.8 Å². The zero-order valence-electron chi connectivity index (χ0n) is 14.9. The van der Waals surface area contributed by atoms with Crippen molar-refractivity contribution in [1.82, 2.24) is 15.1 Å². The van der Waals surface area contributed by atoms with Gasteiger partial charge in [0.1, 0.15) is 5.69 Å². The summed E-state index contributed by atoms with van der Waals surface area (Å²) >= 11 is 0. The van der Waals surface area contributed by atoms with Crippen LogP contribution in [0.5, 0.6) is 0 Å². The van der Waals surface area contributed by atoms with Gasteiger partial charge in [-0.1, -0.05) is 23.8 Å². The Morgan fingerprint density at radius 3 is 2.63 bits per heavy atom. The average molecular weight is 365 g/mol. The van der Waals surface area contributed by atoms with E-state index in [1.54, 1.807) is 23.1 Å². The topological polar surface area (TPSA) is 95.4 Å². The number of carbonyl (C=O) groups excluding carboxylic acids is 1. The number of aryl methyl sites for hydroxylation is 1. The van der Waals surface area contributed by atoms with Crippen LogP contribution in [0.2, 0.25) is 0 Å². The van der Waals surface area contributed by atoms with Gasteiger partial charge in [0.05, 0.1) is 10.4 Å². The molecule has 0 spiro atoms. The van der Waals surface area contributed by atoms with Crippen molar-refractivity contribution < 1.29 is 9.72 Å². The second kappa shape index (κ2) is 6.71. The van der Waals surface area contributed by atoms with Crippen LogP contribution in [0.1, 0.15) is 16.1 Å². The maximum atomic E-state index is 12.9. The van der Waals surface area contributed by atoms with Gasteiger partial charge in [0, 0.05) is 37.6 Å². The Morgan fingerprint density at radius 2 is 1.89 bits per heavy atom. The number of fused-ring (bicyclic) bond motifs is 1. The van der Waals surface area contributed by atoms with Crippen LogP contribution < -0.4 is 4.90 Å². The number of rotatable bonds is 3. The van der Waals surface area contributed by atoms with Crippen LogP contribution in [0.25, 0.3) is 10.9 Å². The molecule has 1 fully saturated rings. The Bertz CT molecular complexity index is 1020. The number of H-pyrrole nitrogens is 1. The SMILES string of the molecule is Cc1ccc2[nH]nc(C(=O)N3CCN(c4ccccc4[N+](=O)[O-])CC3)c2c1. The summed E-state index contributed by atoms with van der Waals surface area (Å²) in [4.78, 5) is 27.5. The lowest BCUT2D eigenvalue weighted by Crippen LogP contribution is -2.49. The van der Waals surface area contributed by atoms with Crippen molar-refractivity contribution in [3.63, 3.8) is 0 Å². The maximum Gasteiger partial charge on any atom is 0.292 e. The average Bonchev–Trinajstić information content (AvgIpc) is 3.10. The first-order valence-corrected chi connectivity index (χ1v) is 8.77. The van der Waals surface area contributed by atoms with E-state index >= 15 is 0 Å². The molecular weight excluding hydrogens is 346 g/mol. The van der Waals surface area contributed by atoms with E-state index in [4.69, 9.17) is 0 Å². The van der Waals surface area contributed by atoms with Crippen LogP contribution in [0, 0.1) is 17.0 Å². The molecule has 0 bridgehead atoms. The molecule has 3 aromatic rings. The van der Waals surface area contributed by atoms with Gasteiger partial charge >= 0.3 is 0 Å². The number of aromatic nitrogens is 2. The second-order valence-electron chi connectivity index (χ2n) is 6.65. The van der Waals surface area contributed by atoms with Gasteiger partial charge in [0.25, 0.3) is 11.6 Å². The molecular formula is C19H19N5O3. The normalized spacial score (nSPS) is 14.6. The molecule has 1 aliphatic heterocycles. The van der Waals surface area contributed by atoms with E-state index in [1.165, 1.54) is 6.07 Å². The summed E-state index contributed by atoms with van der Waals surface area (Å²) in [5, 5.41) is 19.2. The molecule has 1 aliphatic rings. The highest BCUT2D eigenvalue weighted by molar-refractivity contribution is 6.04. The molecule has 27 heavy (non-hydrogen) atoms. The minimum atomic E-state index is -0.370. The number of aromatic amines is 1.